The molecule has 152 valence electrons. The quantitative estimate of drug-likeness (QED) is 0.387. The number of hydrazine groups is 1. The summed E-state index contributed by atoms with van der Waals surface area (Å²) in [4.78, 5) is 10.5. The van der Waals surface area contributed by atoms with Crippen molar-refractivity contribution in [3.8, 4) is 0 Å². The average molecular weight is 415 g/mol. The molecule has 1 aromatic carbocycles. The molecular weight excluding hydrogens is 391 g/mol. The van der Waals surface area contributed by atoms with Crippen LogP contribution in [0.1, 0.15) is 18.2 Å². The maximum Gasteiger partial charge on any atom is 0.240 e. The third kappa shape index (κ3) is 4.87. The van der Waals surface area contributed by atoms with Crippen molar-refractivity contribution in [2.45, 2.75) is 6.92 Å². The lowest BCUT2D eigenvalue weighted by molar-refractivity contribution is 0.315. The van der Waals surface area contributed by atoms with Crippen molar-refractivity contribution in [3.05, 3.63) is 78.5 Å². The Morgan fingerprint density at radius 3 is 2.72 bits per heavy atom. The molecule has 0 bridgehead atoms. The molecule has 1 aliphatic heterocycles. The first-order valence-electron chi connectivity index (χ1n) is 9.01. The molecule has 1 aromatic heterocycles. The molecule has 29 heavy (non-hydrogen) atoms. The average Bonchev–Trinajstić information content (AvgIpc) is 3.14. The normalized spacial score (nSPS) is 14.0. The maximum atomic E-state index is 13.4. The zero-order valence-corrected chi connectivity index (χ0v) is 16.9. The van der Waals surface area contributed by atoms with Crippen molar-refractivity contribution in [2.24, 2.45) is 11.6 Å². The fourth-order valence-corrected chi connectivity index (χ4v) is 3.31. The summed E-state index contributed by atoms with van der Waals surface area (Å²) in [5, 5.41) is 1.50. The van der Waals surface area contributed by atoms with Crippen molar-refractivity contribution in [3.63, 3.8) is 0 Å². The number of aromatic nitrogens is 2. The molecule has 9 heteroatoms. The molecule has 0 saturated carbocycles. The molecule has 0 aliphatic carbocycles. The lowest BCUT2D eigenvalue weighted by Gasteiger charge is -2.23. The van der Waals surface area contributed by atoms with E-state index in [-0.39, 0.29) is 5.82 Å². The molecule has 0 unspecified atom stereocenters. The number of thioether (sulfide) groups is 1. The summed E-state index contributed by atoms with van der Waals surface area (Å²) in [7, 11) is 0. The second kappa shape index (κ2) is 9.44. The van der Waals surface area contributed by atoms with Crippen LogP contribution in [0.15, 0.2) is 61.5 Å². The Morgan fingerprint density at radius 2 is 2.07 bits per heavy atom. The summed E-state index contributed by atoms with van der Waals surface area (Å²) in [5.41, 5.74) is 8.56. The zero-order chi connectivity index (χ0) is 20.8. The molecule has 0 radical (unpaired) electrons. The van der Waals surface area contributed by atoms with Crippen LogP contribution in [0, 0.1) is 5.82 Å². The SMILES string of the molecule is C=C1OC=CN1/C(=C(\N)c1ccc(F)cc1)c1ccnc(N(N)CCSCC)n1. The number of hydrogen-bond donors (Lipinski definition) is 2. The van der Waals surface area contributed by atoms with E-state index in [0.29, 0.717) is 41.0 Å². The van der Waals surface area contributed by atoms with Gasteiger partial charge in [0, 0.05) is 24.7 Å². The summed E-state index contributed by atoms with van der Waals surface area (Å²) in [6.45, 7) is 6.59. The molecule has 0 amide bonds. The summed E-state index contributed by atoms with van der Waals surface area (Å²) in [5.74, 6) is 8.40. The van der Waals surface area contributed by atoms with Gasteiger partial charge < -0.3 is 10.5 Å². The molecular formula is C20H23FN6OS. The van der Waals surface area contributed by atoms with Gasteiger partial charge in [-0.15, -0.1) is 0 Å². The van der Waals surface area contributed by atoms with Crippen molar-refractivity contribution < 1.29 is 9.13 Å². The van der Waals surface area contributed by atoms with Gasteiger partial charge in [0.1, 0.15) is 12.1 Å². The van der Waals surface area contributed by atoms with Gasteiger partial charge in [0.25, 0.3) is 0 Å². The number of ether oxygens (including phenoxy) is 1. The molecule has 0 fully saturated rings. The highest BCUT2D eigenvalue weighted by Gasteiger charge is 2.23. The Balaban J connectivity index is 2.02. The molecule has 0 atom stereocenters. The lowest BCUT2D eigenvalue weighted by Crippen LogP contribution is -2.35. The number of anilines is 1. The third-order valence-electron chi connectivity index (χ3n) is 4.16. The highest BCUT2D eigenvalue weighted by molar-refractivity contribution is 7.99. The smallest absolute Gasteiger partial charge is 0.240 e. The van der Waals surface area contributed by atoms with Gasteiger partial charge >= 0.3 is 0 Å². The van der Waals surface area contributed by atoms with E-state index in [9.17, 15) is 4.39 Å². The highest BCUT2D eigenvalue weighted by Crippen LogP contribution is 2.31. The van der Waals surface area contributed by atoms with E-state index >= 15 is 0 Å². The summed E-state index contributed by atoms with van der Waals surface area (Å²) in [6.07, 6.45) is 4.80. The van der Waals surface area contributed by atoms with E-state index in [1.807, 2.05) is 0 Å². The Labute approximate surface area is 173 Å². The van der Waals surface area contributed by atoms with Crippen LogP contribution >= 0.6 is 11.8 Å². The van der Waals surface area contributed by atoms with Gasteiger partial charge in [0.15, 0.2) is 5.88 Å². The summed E-state index contributed by atoms with van der Waals surface area (Å²) in [6, 6.07) is 7.64. The summed E-state index contributed by atoms with van der Waals surface area (Å²) >= 11 is 1.78. The predicted molar refractivity (Wildman–Crippen MR) is 115 cm³/mol. The number of halogens is 1. The van der Waals surface area contributed by atoms with E-state index in [0.717, 1.165) is 11.5 Å². The minimum atomic E-state index is -0.343. The van der Waals surface area contributed by atoms with Crippen molar-refractivity contribution >= 4 is 29.1 Å². The van der Waals surface area contributed by atoms with Crippen molar-refractivity contribution in [1.29, 1.82) is 0 Å². The van der Waals surface area contributed by atoms with Crippen LogP contribution in [0.3, 0.4) is 0 Å². The number of benzene rings is 1. The Hall–Kier alpha value is -3.04. The molecule has 2 aromatic rings. The number of nitrogens with zero attached hydrogens (tertiary/aromatic N) is 4. The van der Waals surface area contributed by atoms with Crippen molar-refractivity contribution in [2.75, 3.05) is 23.1 Å². The topological polar surface area (TPSA) is 93.5 Å². The lowest BCUT2D eigenvalue weighted by atomic mass is 10.1. The van der Waals surface area contributed by atoms with E-state index < -0.39 is 0 Å². The highest BCUT2D eigenvalue weighted by atomic mass is 32.2. The first kappa shape index (κ1) is 20.7. The van der Waals surface area contributed by atoms with Gasteiger partial charge in [-0.2, -0.15) is 11.8 Å². The van der Waals surface area contributed by atoms with Gasteiger partial charge in [-0.05, 0) is 48.2 Å². The zero-order valence-electron chi connectivity index (χ0n) is 16.1. The number of rotatable bonds is 8. The summed E-state index contributed by atoms with van der Waals surface area (Å²) < 4.78 is 18.7. The number of nitrogens with two attached hydrogens (primary N) is 2. The Bertz CT molecular complexity index is 931. The minimum Gasteiger partial charge on any atom is -0.447 e. The number of hydrogen-bond acceptors (Lipinski definition) is 8. The molecule has 1 aliphatic rings. The van der Waals surface area contributed by atoms with E-state index in [2.05, 4.69) is 23.5 Å². The first-order valence-corrected chi connectivity index (χ1v) is 10.2. The molecule has 3 rings (SSSR count). The van der Waals surface area contributed by atoms with E-state index in [1.165, 1.54) is 23.4 Å². The Morgan fingerprint density at radius 1 is 1.31 bits per heavy atom. The van der Waals surface area contributed by atoms with Crippen LogP contribution in [0.5, 0.6) is 0 Å². The second-order valence-corrected chi connectivity index (χ2v) is 7.46. The van der Waals surface area contributed by atoms with Crippen LogP contribution in [-0.2, 0) is 4.74 Å². The van der Waals surface area contributed by atoms with Gasteiger partial charge in [-0.3, -0.25) is 9.91 Å². The second-order valence-electron chi connectivity index (χ2n) is 6.07. The fraction of sp³-hybridized carbons (Fsp3) is 0.200. The largest absolute Gasteiger partial charge is 0.447 e. The standard InChI is InChI=1S/C20H23FN6OS/c1-3-29-13-11-27(23)20-24-9-8-17(25-20)19(26-10-12-28-14(26)2)18(22)15-4-6-16(21)7-5-15/h4-10,12H,2-3,11,13,22-23H2,1H3/b19-18-. The molecule has 7 nitrogen and oxygen atoms in total. The monoisotopic (exact) mass is 414 g/mol. The van der Waals surface area contributed by atoms with Gasteiger partial charge in [-0.25, -0.2) is 20.2 Å². The van der Waals surface area contributed by atoms with Crippen LogP contribution in [0.4, 0.5) is 10.3 Å². The van der Waals surface area contributed by atoms with Crippen LogP contribution in [-0.4, -0.2) is 32.9 Å². The first-order chi connectivity index (χ1) is 14.0. The predicted octanol–water partition coefficient (Wildman–Crippen LogP) is 3.11. The molecule has 0 spiro atoms. The van der Waals surface area contributed by atoms with E-state index in [4.69, 9.17) is 16.3 Å². The van der Waals surface area contributed by atoms with Gasteiger partial charge in [0.2, 0.25) is 5.95 Å². The minimum absolute atomic E-state index is 0.343. The van der Waals surface area contributed by atoms with Crippen LogP contribution in [0.2, 0.25) is 0 Å². The molecule has 4 N–H and O–H groups in total. The van der Waals surface area contributed by atoms with Gasteiger partial charge in [-0.1, -0.05) is 6.92 Å². The van der Waals surface area contributed by atoms with E-state index in [1.54, 1.807) is 47.3 Å². The maximum absolute atomic E-state index is 13.4. The van der Waals surface area contributed by atoms with Gasteiger partial charge in [0.05, 0.1) is 17.1 Å². The van der Waals surface area contributed by atoms with Crippen LogP contribution in [0.25, 0.3) is 11.4 Å². The third-order valence-corrected chi connectivity index (χ3v) is 5.04. The molecule has 0 saturated heterocycles. The Kier molecular flexibility index (Phi) is 6.73. The fourth-order valence-electron chi connectivity index (χ4n) is 2.69. The van der Waals surface area contributed by atoms with Crippen molar-refractivity contribution in [1.82, 2.24) is 14.9 Å². The van der Waals surface area contributed by atoms with Crippen LogP contribution < -0.4 is 16.6 Å². The molecule has 2 heterocycles.